The van der Waals surface area contributed by atoms with Gasteiger partial charge in [0, 0.05) is 45.1 Å². The minimum atomic E-state index is -0.477. The highest BCUT2D eigenvalue weighted by molar-refractivity contribution is 7.09. The third kappa shape index (κ3) is 4.99. The minimum absolute atomic E-state index is 0.00103. The molecular weight excluding hydrogens is 340 g/mol. The maximum atomic E-state index is 12.9. The number of likely N-dealkylation sites (N-methyl/N-ethyl adjacent to an activating group) is 2. The Labute approximate surface area is 153 Å². The predicted octanol–water partition coefficient (Wildman–Crippen LogP) is 1.01. The van der Waals surface area contributed by atoms with Gasteiger partial charge in [-0.25, -0.2) is 4.98 Å². The zero-order valence-corrected chi connectivity index (χ0v) is 16.5. The molecule has 1 fully saturated rings. The van der Waals surface area contributed by atoms with Crippen LogP contribution in [0.4, 0.5) is 0 Å². The van der Waals surface area contributed by atoms with E-state index in [2.05, 4.69) is 23.7 Å². The van der Waals surface area contributed by atoms with Gasteiger partial charge in [0.25, 0.3) is 0 Å². The molecule has 1 atom stereocenters. The van der Waals surface area contributed by atoms with Crippen molar-refractivity contribution in [1.82, 2.24) is 19.7 Å². The zero-order valence-electron chi connectivity index (χ0n) is 15.7. The van der Waals surface area contributed by atoms with Crippen molar-refractivity contribution in [2.75, 3.05) is 47.4 Å². The normalized spacial score (nSPS) is 18.6. The number of carbonyl (C=O) groups is 2. The van der Waals surface area contributed by atoms with Crippen molar-refractivity contribution in [1.29, 1.82) is 0 Å². The number of amides is 2. The molecule has 25 heavy (non-hydrogen) atoms. The molecule has 1 aromatic rings. The van der Waals surface area contributed by atoms with Crippen molar-refractivity contribution in [2.45, 2.75) is 32.4 Å². The van der Waals surface area contributed by atoms with Gasteiger partial charge in [0.05, 0.1) is 17.2 Å². The van der Waals surface area contributed by atoms with Gasteiger partial charge in [-0.2, -0.15) is 0 Å². The van der Waals surface area contributed by atoms with Crippen molar-refractivity contribution in [3.05, 3.63) is 16.1 Å². The summed E-state index contributed by atoms with van der Waals surface area (Å²) in [6.45, 7) is 6.50. The molecule has 0 N–H and O–H groups in total. The van der Waals surface area contributed by atoms with E-state index in [1.807, 2.05) is 12.4 Å². The lowest BCUT2D eigenvalue weighted by molar-refractivity contribution is -0.150. The number of rotatable bonds is 6. The van der Waals surface area contributed by atoms with Crippen LogP contribution < -0.4 is 0 Å². The van der Waals surface area contributed by atoms with E-state index in [0.29, 0.717) is 25.6 Å². The first-order valence-corrected chi connectivity index (χ1v) is 9.37. The van der Waals surface area contributed by atoms with Crippen molar-refractivity contribution in [3.63, 3.8) is 0 Å². The number of aromatic nitrogens is 1. The summed E-state index contributed by atoms with van der Waals surface area (Å²) in [4.78, 5) is 35.2. The molecule has 1 aliphatic heterocycles. The standard InChI is InChI=1S/C17H28N4O3S/c1-12(2)16-18-13(11-25-16)8-20(4)17(23)14-9-19(3)6-7-21(14)15(22)10-24-5/h11-12,14H,6-10H2,1-5H3/t14-/m0/s1. The Balaban J connectivity index is 2.07. The Kier molecular flexibility index (Phi) is 6.92. The van der Waals surface area contributed by atoms with E-state index in [-0.39, 0.29) is 18.4 Å². The molecule has 0 saturated carbocycles. The number of methoxy groups -OCH3 is 1. The summed E-state index contributed by atoms with van der Waals surface area (Å²) in [6.07, 6.45) is 0. The van der Waals surface area contributed by atoms with Crippen LogP contribution in [0.25, 0.3) is 0 Å². The highest BCUT2D eigenvalue weighted by Gasteiger charge is 2.35. The van der Waals surface area contributed by atoms with Crippen LogP contribution >= 0.6 is 11.3 Å². The Hall–Kier alpha value is -1.51. The number of hydrogen-bond acceptors (Lipinski definition) is 6. The lowest BCUT2D eigenvalue weighted by atomic mass is 10.1. The predicted molar refractivity (Wildman–Crippen MR) is 97.6 cm³/mol. The molecule has 0 radical (unpaired) electrons. The molecule has 1 aromatic heterocycles. The minimum Gasteiger partial charge on any atom is -0.375 e. The van der Waals surface area contributed by atoms with E-state index >= 15 is 0 Å². The summed E-state index contributed by atoms with van der Waals surface area (Å²) in [6, 6.07) is -0.477. The van der Waals surface area contributed by atoms with Crippen LogP contribution in [0.3, 0.4) is 0 Å². The molecule has 1 aliphatic rings. The van der Waals surface area contributed by atoms with Crippen molar-refractivity contribution in [2.24, 2.45) is 0 Å². The molecule has 2 amide bonds. The fourth-order valence-corrected chi connectivity index (χ4v) is 3.70. The van der Waals surface area contributed by atoms with Gasteiger partial charge >= 0.3 is 0 Å². The quantitative estimate of drug-likeness (QED) is 0.750. The summed E-state index contributed by atoms with van der Waals surface area (Å²) >= 11 is 1.62. The highest BCUT2D eigenvalue weighted by Crippen LogP contribution is 2.20. The van der Waals surface area contributed by atoms with Gasteiger partial charge < -0.3 is 19.4 Å². The van der Waals surface area contributed by atoms with E-state index < -0.39 is 6.04 Å². The second kappa shape index (κ2) is 8.73. The van der Waals surface area contributed by atoms with Crippen molar-refractivity contribution < 1.29 is 14.3 Å². The molecule has 1 saturated heterocycles. The number of hydrogen-bond donors (Lipinski definition) is 0. The molecule has 2 rings (SSSR count). The molecule has 0 spiro atoms. The van der Waals surface area contributed by atoms with Gasteiger partial charge in [-0.15, -0.1) is 11.3 Å². The van der Waals surface area contributed by atoms with Crippen LogP contribution in [-0.2, 0) is 20.9 Å². The van der Waals surface area contributed by atoms with E-state index in [1.54, 1.807) is 28.2 Å². The number of ether oxygens (including phenoxy) is 1. The van der Waals surface area contributed by atoms with Gasteiger partial charge in [-0.3, -0.25) is 9.59 Å². The van der Waals surface area contributed by atoms with Crippen LogP contribution in [0.15, 0.2) is 5.38 Å². The van der Waals surface area contributed by atoms with Gasteiger partial charge in [0.15, 0.2) is 0 Å². The lowest BCUT2D eigenvalue weighted by Crippen LogP contribution is -2.60. The summed E-state index contributed by atoms with van der Waals surface area (Å²) in [5.74, 6) is 0.183. The first kappa shape index (κ1) is 19.8. The van der Waals surface area contributed by atoms with E-state index in [1.165, 1.54) is 7.11 Å². The fraction of sp³-hybridized carbons (Fsp3) is 0.706. The molecule has 8 heteroatoms. The molecule has 7 nitrogen and oxygen atoms in total. The van der Waals surface area contributed by atoms with Crippen LogP contribution in [0.1, 0.15) is 30.5 Å². The summed E-state index contributed by atoms with van der Waals surface area (Å²) in [5, 5.41) is 3.07. The van der Waals surface area contributed by atoms with Crippen LogP contribution in [0, 0.1) is 0 Å². The molecule has 0 aliphatic carbocycles. The lowest BCUT2D eigenvalue weighted by Gasteiger charge is -2.40. The number of nitrogens with zero attached hydrogens (tertiary/aromatic N) is 4. The van der Waals surface area contributed by atoms with Gasteiger partial charge in [-0.1, -0.05) is 13.8 Å². The maximum absolute atomic E-state index is 12.9. The first-order chi connectivity index (χ1) is 11.8. The molecule has 2 heterocycles. The van der Waals surface area contributed by atoms with E-state index in [0.717, 1.165) is 17.2 Å². The van der Waals surface area contributed by atoms with Crippen LogP contribution in [0.2, 0.25) is 0 Å². The summed E-state index contributed by atoms with van der Waals surface area (Å²) in [7, 11) is 5.23. The maximum Gasteiger partial charge on any atom is 0.249 e. The first-order valence-electron chi connectivity index (χ1n) is 8.49. The van der Waals surface area contributed by atoms with Crippen LogP contribution in [0.5, 0.6) is 0 Å². The third-order valence-electron chi connectivity index (χ3n) is 4.30. The monoisotopic (exact) mass is 368 g/mol. The average Bonchev–Trinajstić information content (AvgIpc) is 3.03. The topological polar surface area (TPSA) is 66.0 Å². The van der Waals surface area contributed by atoms with Crippen LogP contribution in [-0.4, -0.2) is 85.0 Å². The second-order valence-corrected chi connectivity index (χ2v) is 7.71. The Morgan fingerprint density at radius 1 is 1.44 bits per heavy atom. The van der Waals surface area contributed by atoms with E-state index in [4.69, 9.17) is 4.74 Å². The second-order valence-electron chi connectivity index (χ2n) is 6.82. The average molecular weight is 369 g/mol. The largest absolute Gasteiger partial charge is 0.375 e. The Morgan fingerprint density at radius 3 is 2.76 bits per heavy atom. The van der Waals surface area contributed by atoms with Crippen molar-refractivity contribution >= 4 is 23.2 Å². The molecule has 140 valence electrons. The highest BCUT2D eigenvalue weighted by atomic mass is 32.1. The molecule has 0 aromatic carbocycles. The van der Waals surface area contributed by atoms with Gasteiger partial charge in [-0.05, 0) is 7.05 Å². The number of thiazole rings is 1. The Morgan fingerprint density at radius 2 is 2.16 bits per heavy atom. The smallest absolute Gasteiger partial charge is 0.249 e. The number of carbonyl (C=O) groups excluding carboxylic acids is 2. The molecule has 0 bridgehead atoms. The zero-order chi connectivity index (χ0) is 18.6. The molecule has 0 unspecified atom stereocenters. The number of piperazine rings is 1. The summed E-state index contributed by atoms with van der Waals surface area (Å²) in [5.41, 5.74) is 0.892. The van der Waals surface area contributed by atoms with Crippen molar-refractivity contribution in [3.8, 4) is 0 Å². The molecular formula is C17H28N4O3S. The SMILES string of the molecule is COCC(=O)N1CCN(C)C[C@H]1C(=O)N(C)Cc1csc(C(C)C)n1. The van der Waals surface area contributed by atoms with E-state index in [9.17, 15) is 9.59 Å². The van der Waals surface area contributed by atoms with Gasteiger partial charge in [0.2, 0.25) is 11.8 Å². The fourth-order valence-electron chi connectivity index (χ4n) is 2.87. The van der Waals surface area contributed by atoms with Gasteiger partial charge in [0.1, 0.15) is 12.6 Å². The Bertz CT molecular complexity index is 604. The third-order valence-corrected chi connectivity index (χ3v) is 5.49. The summed E-state index contributed by atoms with van der Waals surface area (Å²) < 4.78 is 4.95.